The summed E-state index contributed by atoms with van der Waals surface area (Å²) in [5.74, 6) is 2.02. The number of aryl methyl sites for hydroxylation is 1. The zero-order valence-electron chi connectivity index (χ0n) is 10.6. The van der Waals surface area contributed by atoms with E-state index >= 15 is 0 Å². The normalized spacial score (nSPS) is 11.4. The molecule has 1 aromatic heterocycles. The molecule has 0 amide bonds. The maximum Gasteiger partial charge on any atom is 0.139 e. The molecule has 2 aromatic rings. The Morgan fingerprint density at radius 1 is 1.42 bits per heavy atom. The average Bonchev–Trinajstić information content (AvgIpc) is 2.73. The summed E-state index contributed by atoms with van der Waals surface area (Å²) in [6.45, 7) is 0.834. The third-order valence-corrected chi connectivity index (χ3v) is 4.51. The molecule has 0 aliphatic carbocycles. The van der Waals surface area contributed by atoms with Gasteiger partial charge >= 0.3 is 0 Å². The minimum atomic E-state index is -0.265. The largest absolute Gasteiger partial charge is 0.327 e. The first kappa shape index (κ1) is 15.1. The van der Waals surface area contributed by atoms with Crippen molar-refractivity contribution < 1.29 is 4.39 Å². The van der Waals surface area contributed by atoms with E-state index in [1.807, 2.05) is 16.3 Å². The Balaban J connectivity index is 2.31. The molecule has 6 heteroatoms. The van der Waals surface area contributed by atoms with Crippen LogP contribution >= 0.6 is 39.3 Å². The van der Waals surface area contributed by atoms with Crippen molar-refractivity contribution in [2.75, 3.05) is 12.0 Å². The molecule has 0 aliphatic rings. The molecule has 1 heterocycles. The standard InChI is InChI=1S/C13H15BrClFN2S/c1-19-5-3-2-4-18-12-7-10(16)9(14)6-11(12)17-13(18)8-15/h6-7H,2-5,8H2,1H3. The van der Waals surface area contributed by atoms with Gasteiger partial charge in [-0.1, -0.05) is 0 Å². The molecule has 0 fully saturated rings. The molecule has 2 rings (SSSR count). The summed E-state index contributed by atoms with van der Waals surface area (Å²) >= 11 is 11.0. The summed E-state index contributed by atoms with van der Waals surface area (Å²) in [6, 6.07) is 3.23. The van der Waals surface area contributed by atoms with E-state index in [-0.39, 0.29) is 5.82 Å². The zero-order chi connectivity index (χ0) is 13.8. The fourth-order valence-electron chi connectivity index (χ4n) is 2.04. The summed E-state index contributed by atoms with van der Waals surface area (Å²) in [5, 5.41) is 0. The van der Waals surface area contributed by atoms with Crippen LogP contribution in [0.2, 0.25) is 0 Å². The van der Waals surface area contributed by atoms with Crippen LogP contribution in [0.4, 0.5) is 4.39 Å². The molecule has 0 unspecified atom stereocenters. The quantitative estimate of drug-likeness (QED) is 0.539. The average molecular weight is 366 g/mol. The number of unbranched alkanes of at least 4 members (excludes halogenated alkanes) is 1. The Morgan fingerprint density at radius 3 is 2.89 bits per heavy atom. The van der Waals surface area contributed by atoms with Crippen molar-refractivity contribution in [1.29, 1.82) is 0 Å². The number of rotatable bonds is 6. The first-order chi connectivity index (χ1) is 9.17. The third kappa shape index (κ3) is 3.44. The van der Waals surface area contributed by atoms with E-state index in [9.17, 15) is 4.39 Å². The van der Waals surface area contributed by atoms with Gasteiger partial charge in [-0.2, -0.15) is 11.8 Å². The summed E-state index contributed by atoms with van der Waals surface area (Å²) in [7, 11) is 0. The van der Waals surface area contributed by atoms with Gasteiger partial charge in [0.1, 0.15) is 11.6 Å². The Bertz CT molecular complexity index is 573. The van der Waals surface area contributed by atoms with E-state index < -0.39 is 0 Å². The van der Waals surface area contributed by atoms with E-state index in [1.165, 1.54) is 6.07 Å². The van der Waals surface area contributed by atoms with Crippen molar-refractivity contribution in [3.8, 4) is 0 Å². The van der Waals surface area contributed by atoms with Gasteiger partial charge in [0, 0.05) is 12.6 Å². The van der Waals surface area contributed by atoms with Crippen LogP contribution in [0.1, 0.15) is 18.7 Å². The molecular formula is C13H15BrClFN2S. The van der Waals surface area contributed by atoms with Gasteiger partial charge in [-0.25, -0.2) is 9.37 Å². The number of fused-ring (bicyclic) bond motifs is 1. The van der Waals surface area contributed by atoms with E-state index in [1.54, 1.807) is 6.07 Å². The zero-order valence-corrected chi connectivity index (χ0v) is 13.8. The van der Waals surface area contributed by atoms with E-state index in [0.29, 0.717) is 10.4 Å². The summed E-state index contributed by atoms with van der Waals surface area (Å²) in [6.07, 6.45) is 4.29. The lowest BCUT2D eigenvalue weighted by Crippen LogP contribution is -2.03. The number of thioether (sulfide) groups is 1. The van der Waals surface area contributed by atoms with Crippen molar-refractivity contribution in [1.82, 2.24) is 9.55 Å². The second-order valence-electron chi connectivity index (χ2n) is 4.27. The van der Waals surface area contributed by atoms with E-state index in [2.05, 4.69) is 27.2 Å². The van der Waals surface area contributed by atoms with E-state index in [0.717, 1.165) is 42.0 Å². The molecule has 104 valence electrons. The van der Waals surface area contributed by atoms with Crippen LogP contribution in [0.25, 0.3) is 11.0 Å². The summed E-state index contributed by atoms with van der Waals surface area (Å²) in [4.78, 5) is 4.46. The van der Waals surface area contributed by atoms with Crippen LogP contribution in [-0.4, -0.2) is 21.6 Å². The number of aromatic nitrogens is 2. The maximum atomic E-state index is 13.7. The molecule has 19 heavy (non-hydrogen) atoms. The molecular weight excluding hydrogens is 351 g/mol. The molecule has 0 bridgehead atoms. The highest BCUT2D eigenvalue weighted by molar-refractivity contribution is 9.10. The fraction of sp³-hybridized carbons (Fsp3) is 0.462. The van der Waals surface area contributed by atoms with Crippen LogP contribution in [0, 0.1) is 5.82 Å². The van der Waals surface area contributed by atoms with Crippen LogP contribution in [0.3, 0.4) is 0 Å². The molecule has 0 aliphatic heterocycles. The Morgan fingerprint density at radius 2 is 2.21 bits per heavy atom. The fourth-order valence-corrected chi connectivity index (χ4v) is 3.07. The van der Waals surface area contributed by atoms with Crippen molar-refractivity contribution in [3.63, 3.8) is 0 Å². The number of benzene rings is 1. The summed E-state index contributed by atoms with van der Waals surface area (Å²) in [5.41, 5.74) is 1.61. The van der Waals surface area contributed by atoms with Crippen molar-refractivity contribution in [2.45, 2.75) is 25.3 Å². The Labute approximate surface area is 129 Å². The number of alkyl halides is 1. The molecule has 0 saturated heterocycles. The van der Waals surface area contributed by atoms with Gasteiger partial charge in [0.25, 0.3) is 0 Å². The maximum absolute atomic E-state index is 13.7. The van der Waals surface area contributed by atoms with Gasteiger partial charge in [0.05, 0.1) is 21.4 Å². The highest BCUT2D eigenvalue weighted by Crippen LogP contribution is 2.25. The lowest BCUT2D eigenvalue weighted by molar-refractivity contribution is 0.614. The van der Waals surface area contributed by atoms with Crippen LogP contribution in [0.15, 0.2) is 16.6 Å². The second-order valence-corrected chi connectivity index (χ2v) is 6.38. The third-order valence-electron chi connectivity index (χ3n) is 2.97. The number of hydrogen-bond acceptors (Lipinski definition) is 2. The lowest BCUT2D eigenvalue weighted by Gasteiger charge is -2.07. The van der Waals surface area contributed by atoms with Crippen molar-refractivity contribution in [3.05, 3.63) is 28.2 Å². The molecule has 0 atom stereocenters. The topological polar surface area (TPSA) is 17.8 Å². The number of hydrogen-bond donors (Lipinski definition) is 0. The first-order valence-corrected chi connectivity index (χ1v) is 8.78. The minimum Gasteiger partial charge on any atom is -0.327 e. The van der Waals surface area contributed by atoms with Gasteiger partial charge in [0.2, 0.25) is 0 Å². The van der Waals surface area contributed by atoms with Crippen LogP contribution in [0.5, 0.6) is 0 Å². The van der Waals surface area contributed by atoms with Gasteiger partial charge in [-0.3, -0.25) is 0 Å². The van der Waals surface area contributed by atoms with Crippen molar-refractivity contribution in [2.24, 2.45) is 0 Å². The molecule has 0 spiro atoms. The molecule has 1 aromatic carbocycles. The predicted molar refractivity (Wildman–Crippen MR) is 84.6 cm³/mol. The van der Waals surface area contributed by atoms with Gasteiger partial charge < -0.3 is 4.57 Å². The second kappa shape index (κ2) is 6.95. The first-order valence-electron chi connectivity index (χ1n) is 6.06. The van der Waals surface area contributed by atoms with Gasteiger partial charge in [-0.15, -0.1) is 11.6 Å². The predicted octanol–water partition coefficient (Wildman–Crippen LogP) is 4.82. The smallest absolute Gasteiger partial charge is 0.139 e. The van der Waals surface area contributed by atoms with Gasteiger partial charge in [0.15, 0.2) is 0 Å². The van der Waals surface area contributed by atoms with Crippen LogP contribution < -0.4 is 0 Å². The number of nitrogens with zero attached hydrogens (tertiary/aromatic N) is 2. The Hall–Kier alpha value is -0.260. The van der Waals surface area contributed by atoms with Crippen molar-refractivity contribution >= 4 is 50.3 Å². The number of halogens is 3. The highest BCUT2D eigenvalue weighted by Gasteiger charge is 2.12. The highest BCUT2D eigenvalue weighted by atomic mass is 79.9. The monoisotopic (exact) mass is 364 g/mol. The molecule has 0 saturated carbocycles. The molecule has 0 radical (unpaired) electrons. The lowest BCUT2D eigenvalue weighted by atomic mass is 10.3. The molecule has 2 nitrogen and oxygen atoms in total. The summed E-state index contributed by atoms with van der Waals surface area (Å²) < 4.78 is 16.1. The SMILES string of the molecule is CSCCCCn1c(CCl)nc2cc(Br)c(F)cc21. The Kier molecular flexibility index (Phi) is 5.54. The van der Waals surface area contributed by atoms with Crippen LogP contribution in [-0.2, 0) is 12.4 Å². The number of imidazole rings is 1. The van der Waals surface area contributed by atoms with E-state index in [4.69, 9.17) is 11.6 Å². The minimum absolute atomic E-state index is 0.265. The van der Waals surface area contributed by atoms with Gasteiger partial charge in [-0.05, 0) is 46.8 Å². The molecule has 0 N–H and O–H groups in total.